The molecule has 0 fully saturated rings. The number of nitrogens with zero attached hydrogens (tertiary/aromatic N) is 2. The standard InChI is InChI=1S/C17H12N.C12H8F2N.Ir/c1-3-7-14(8-4-1)16-11-12-18-17(13-16)15-9-5-2-6-10-15;1-8-5-6-11(15-7-8)9-3-2-4-10(13)12(9)14;/h1-9,11-13H;2,4-7H,1H3;/q2*-1;. The molecule has 34 heavy (non-hydrogen) atoms. The van der Waals surface area contributed by atoms with Gasteiger partial charge in [-0.1, -0.05) is 54.1 Å². The Morgan fingerprint density at radius 3 is 2.21 bits per heavy atom. The summed E-state index contributed by atoms with van der Waals surface area (Å²) in [5.41, 5.74) is 5.78. The second-order valence-corrected chi connectivity index (χ2v) is 7.31. The molecule has 3 aromatic carbocycles. The van der Waals surface area contributed by atoms with Gasteiger partial charge in [0.2, 0.25) is 0 Å². The molecule has 0 spiro atoms. The number of hydrogen-bond donors (Lipinski definition) is 0. The zero-order valence-electron chi connectivity index (χ0n) is 18.3. The minimum absolute atomic E-state index is 0. The summed E-state index contributed by atoms with van der Waals surface area (Å²) >= 11 is 0. The van der Waals surface area contributed by atoms with Crippen LogP contribution in [0.5, 0.6) is 0 Å². The van der Waals surface area contributed by atoms with Crippen molar-refractivity contribution in [2.24, 2.45) is 0 Å². The van der Waals surface area contributed by atoms with Crippen molar-refractivity contribution >= 4 is 0 Å². The number of rotatable bonds is 3. The molecule has 0 atom stereocenters. The molecule has 0 saturated heterocycles. The number of aromatic nitrogens is 2. The van der Waals surface area contributed by atoms with Crippen LogP contribution in [-0.2, 0) is 20.1 Å². The Balaban J connectivity index is 0.000000188. The van der Waals surface area contributed by atoms with E-state index in [1.54, 1.807) is 18.3 Å². The molecule has 2 nitrogen and oxygen atoms in total. The van der Waals surface area contributed by atoms with Gasteiger partial charge in [-0.3, -0.25) is 4.39 Å². The fourth-order valence-electron chi connectivity index (χ4n) is 3.20. The number of benzene rings is 3. The Kier molecular flexibility index (Phi) is 8.92. The molecule has 0 aliphatic carbocycles. The first-order valence-electron chi connectivity index (χ1n) is 10.4. The Bertz CT molecular complexity index is 1270. The quantitative estimate of drug-likeness (QED) is 0.196. The van der Waals surface area contributed by atoms with Crippen LogP contribution in [-0.4, -0.2) is 9.97 Å². The topological polar surface area (TPSA) is 25.8 Å². The van der Waals surface area contributed by atoms with Gasteiger partial charge in [0.15, 0.2) is 0 Å². The molecule has 0 bridgehead atoms. The van der Waals surface area contributed by atoms with Crippen molar-refractivity contribution in [3.8, 4) is 33.6 Å². The third-order valence-corrected chi connectivity index (χ3v) is 4.91. The number of aryl methyl sites for hydroxylation is 1. The molecule has 0 amide bonds. The average Bonchev–Trinajstić information content (AvgIpc) is 2.88. The minimum Gasteiger partial charge on any atom is -0.305 e. The van der Waals surface area contributed by atoms with E-state index in [9.17, 15) is 8.78 Å². The monoisotopic (exact) mass is 627 g/mol. The van der Waals surface area contributed by atoms with Gasteiger partial charge < -0.3 is 9.97 Å². The van der Waals surface area contributed by atoms with Crippen molar-refractivity contribution in [2.75, 3.05) is 0 Å². The molecule has 5 rings (SSSR count). The van der Waals surface area contributed by atoms with E-state index in [1.807, 2.05) is 61.7 Å². The van der Waals surface area contributed by atoms with Crippen molar-refractivity contribution in [3.63, 3.8) is 0 Å². The van der Waals surface area contributed by atoms with E-state index in [4.69, 9.17) is 0 Å². The first kappa shape index (κ1) is 25.1. The van der Waals surface area contributed by atoms with Gasteiger partial charge in [-0.05, 0) is 41.1 Å². The van der Waals surface area contributed by atoms with Crippen LogP contribution in [0.4, 0.5) is 8.78 Å². The molecule has 2 heterocycles. The van der Waals surface area contributed by atoms with Gasteiger partial charge >= 0.3 is 0 Å². The van der Waals surface area contributed by atoms with Gasteiger partial charge in [0.05, 0.1) is 11.6 Å². The van der Waals surface area contributed by atoms with Gasteiger partial charge in [0.25, 0.3) is 0 Å². The van der Waals surface area contributed by atoms with Crippen molar-refractivity contribution in [1.29, 1.82) is 0 Å². The first-order valence-corrected chi connectivity index (χ1v) is 10.4. The van der Waals surface area contributed by atoms with Gasteiger partial charge in [0.1, 0.15) is 0 Å². The van der Waals surface area contributed by atoms with Crippen LogP contribution >= 0.6 is 0 Å². The van der Waals surface area contributed by atoms with Crippen LogP contribution in [0.3, 0.4) is 0 Å². The maximum atomic E-state index is 13.3. The van der Waals surface area contributed by atoms with E-state index in [2.05, 4.69) is 40.3 Å². The molecule has 1 radical (unpaired) electrons. The molecule has 0 N–H and O–H groups in total. The fourth-order valence-corrected chi connectivity index (χ4v) is 3.20. The van der Waals surface area contributed by atoms with Gasteiger partial charge in [-0.2, -0.15) is 0 Å². The summed E-state index contributed by atoms with van der Waals surface area (Å²) in [6.07, 6.45) is 3.45. The van der Waals surface area contributed by atoms with Crippen molar-refractivity contribution < 1.29 is 28.9 Å². The summed E-state index contributed by atoms with van der Waals surface area (Å²) in [5.74, 6) is -1.79. The number of halogens is 2. The Morgan fingerprint density at radius 2 is 1.50 bits per heavy atom. The summed E-state index contributed by atoms with van der Waals surface area (Å²) in [5, 5.41) is 0. The zero-order valence-corrected chi connectivity index (χ0v) is 20.7. The van der Waals surface area contributed by atoms with Crippen LogP contribution < -0.4 is 0 Å². The first-order chi connectivity index (χ1) is 16.1. The maximum absolute atomic E-state index is 13.3. The van der Waals surface area contributed by atoms with Crippen LogP contribution in [0.25, 0.3) is 33.6 Å². The summed E-state index contributed by atoms with van der Waals surface area (Å²) < 4.78 is 26.3. The summed E-state index contributed by atoms with van der Waals surface area (Å²) in [4.78, 5) is 8.42. The second-order valence-electron chi connectivity index (χ2n) is 7.31. The second kappa shape index (κ2) is 12.1. The van der Waals surface area contributed by atoms with Crippen molar-refractivity contribution in [3.05, 3.63) is 133 Å². The summed E-state index contributed by atoms with van der Waals surface area (Å²) in [6, 6.07) is 34.0. The van der Waals surface area contributed by atoms with Crippen LogP contribution in [0.1, 0.15) is 5.56 Å². The van der Waals surface area contributed by atoms with E-state index >= 15 is 0 Å². The third kappa shape index (κ3) is 6.28. The Morgan fingerprint density at radius 1 is 0.706 bits per heavy atom. The van der Waals surface area contributed by atoms with E-state index in [1.165, 1.54) is 17.2 Å². The molecule has 0 aliphatic heterocycles. The molecule has 0 aliphatic rings. The molecular formula is C29H20F2IrN2-2. The van der Waals surface area contributed by atoms with Crippen LogP contribution in [0.15, 0.2) is 103 Å². The van der Waals surface area contributed by atoms with Crippen LogP contribution in [0.2, 0.25) is 0 Å². The average molecular weight is 627 g/mol. The normalized spacial score (nSPS) is 9.97. The minimum atomic E-state index is -0.908. The zero-order chi connectivity index (χ0) is 23.0. The molecule has 2 aromatic heterocycles. The SMILES string of the molecule is Cc1ccc(-c2[c-]ccc(F)c2F)nc1.[Ir].[c-]1ccccc1-c1cc(-c2ccccc2)ccn1. The molecule has 0 saturated carbocycles. The van der Waals surface area contributed by atoms with Crippen molar-refractivity contribution in [2.45, 2.75) is 6.92 Å². The molecule has 171 valence electrons. The number of hydrogen-bond acceptors (Lipinski definition) is 2. The van der Waals surface area contributed by atoms with Crippen molar-refractivity contribution in [1.82, 2.24) is 9.97 Å². The molecule has 0 unspecified atom stereocenters. The van der Waals surface area contributed by atoms with Gasteiger partial charge in [-0.25, -0.2) is 4.39 Å². The Labute approximate surface area is 211 Å². The van der Waals surface area contributed by atoms with E-state index in [-0.39, 0.29) is 25.7 Å². The fraction of sp³-hybridized carbons (Fsp3) is 0.0345. The predicted molar refractivity (Wildman–Crippen MR) is 127 cm³/mol. The number of pyridine rings is 2. The molecule has 5 aromatic rings. The maximum Gasteiger partial charge on any atom is 0.0765 e. The van der Waals surface area contributed by atoms with Gasteiger partial charge in [-0.15, -0.1) is 54.1 Å². The Hall–Kier alpha value is -3.53. The third-order valence-electron chi connectivity index (χ3n) is 4.91. The largest absolute Gasteiger partial charge is 0.305 e. The van der Waals surface area contributed by atoms with E-state index in [0.29, 0.717) is 5.69 Å². The van der Waals surface area contributed by atoms with E-state index in [0.717, 1.165) is 22.9 Å². The summed E-state index contributed by atoms with van der Waals surface area (Å²) in [7, 11) is 0. The van der Waals surface area contributed by atoms with Crippen LogP contribution in [0, 0.1) is 30.7 Å². The summed E-state index contributed by atoms with van der Waals surface area (Å²) in [6.45, 7) is 1.88. The predicted octanol–water partition coefficient (Wildman–Crippen LogP) is 7.35. The van der Waals surface area contributed by atoms with Gasteiger partial charge in [0, 0.05) is 32.5 Å². The molecular weight excluding hydrogens is 607 g/mol. The smallest absolute Gasteiger partial charge is 0.0765 e. The molecule has 5 heteroatoms. The van der Waals surface area contributed by atoms with E-state index < -0.39 is 11.6 Å².